The van der Waals surface area contributed by atoms with Crippen LogP contribution < -0.4 is 5.73 Å². The molecule has 94 valence electrons. The van der Waals surface area contributed by atoms with E-state index in [4.69, 9.17) is 5.73 Å². The van der Waals surface area contributed by atoms with E-state index in [9.17, 15) is 0 Å². The molecule has 2 fully saturated rings. The number of likely N-dealkylation sites (N-methyl/N-ethyl adjacent to an activating group) is 1. The summed E-state index contributed by atoms with van der Waals surface area (Å²) in [5, 5.41) is 0. The van der Waals surface area contributed by atoms with Crippen molar-refractivity contribution >= 4 is 0 Å². The molecule has 0 aromatic heterocycles. The Morgan fingerprint density at radius 2 is 2.00 bits per heavy atom. The van der Waals surface area contributed by atoms with E-state index < -0.39 is 0 Å². The molecule has 0 aromatic carbocycles. The third-order valence-corrected chi connectivity index (χ3v) is 4.45. The second kappa shape index (κ2) is 5.48. The highest BCUT2D eigenvalue weighted by molar-refractivity contribution is 4.90. The lowest BCUT2D eigenvalue weighted by Gasteiger charge is -2.36. The van der Waals surface area contributed by atoms with E-state index in [0.29, 0.717) is 6.04 Å². The molecule has 2 N–H and O–H groups in total. The largest absolute Gasteiger partial charge is 0.330 e. The topological polar surface area (TPSA) is 32.5 Å². The molecule has 0 radical (unpaired) electrons. The van der Waals surface area contributed by atoms with Crippen LogP contribution in [0, 0.1) is 5.92 Å². The Balaban J connectivity index is 2.01. The molecule has 2 rings (SSSR count). The summed E-state index contributed by atoms with van der Waals surface area (Å²) in [7, 11) is 2.25. The van der Waals surface area contributed by atoms with Crippen LogP contribution in [0.3, 0.4) is 0 Å². The van der Waals surface area contributed by atoms with E-state index in [2.05, 4.69) is 23.8 Å². The van der Waals surface area contributed by atoms with Crippen molar-refractivity contribution in [2.75, 3.05) is 33.2 Å². The van der Waals surface area contributed by atoms with E-state index in [-0.39, 0.29) is 0 Å². The molecule has 0 amide bonds. The first-order chi connectivity index (χ1) is 7.72. The van der Waals surface area contributed by atoms with E-state index in [1.807, 2.05) is 0 Å². The fourth-order valence-electron chi connectivity index (χ4n) is 3.61. The average molecular weight is 225 g/mol. The normalized spacial score (nSPS) is 38.8. The van der Waals surface area contributed by atoms with E-state index in [1.165, 1.54) is 45.3 Å². The second-order valence-electron chi connectivity index (χ2n) is 5.70. The highest BCUT2D eigenvalue weighted by atomic mass is 15.3. The SMILES string of the molecule is CC1CN(C)CCCN1C1CCCC1CN. The first-order valence-corrected chi connectivity index (χ1v) is 6.86. The minimum atomic E-state index is 0.699. The number of hydrogen-bond acceptors (Lipinski definition) is 3. The zero-order valence-corrected chi connectivity index (χ0v) is 10.9. The number of hydrogen-bond donors (Lipinski definition) is 1. The van der Waals surface area contributed by atoms with Crippen molar-refractivity contribution in [3.63, 3.8) is 0 Å². The lowest BCUT2D eigenvalue weighted by molar-refractivity contribution is 0.117. The van der Waals surface area contributed by atoms with Crippen LogP contribution in [-0.2, 0) is 0 Å². The summed E-state index contributed by atoms with van der Waals surface area (Å²) in [5.41, 5.74) is 5.91. The maximum absolute atomic E-state index is 5.91. The summed E-state index contributed by atoms with van der Waals surface area (Å²) >= 11 is 0. The molecule has 0 spiro atoms. The van der Waals surface area contributed by atoms with Crippen LogP contribution in [0.5, 0.6) is 0 Å². The molecular formula is C13H27N3. The molecule has 1 saturated heterocycles. The Bertz CT molecular complexity index is 219. The number of nitrogens with zero attached hydrogens (tertiary/aromatic N) is 2. The molecule has 1 aliphatic heterocycles. The molecule has 3 unspecified atom stereocenters. The van der Waals surface area contributed by atoms with Gasteiger partial charge in [0, 0.05) is 18.6 Å². The molecule has 3 atom stereocenters. The van der Waals surface area contributed by atoms with Gasteiger partial charge >= 0.3 is 0 Å². The molecule has 2 aliphatic rings. The van der Waals surface area contributed by atoms with Gasteiger partial charge in [-0.05, 0) is 58.8 Å². The van der Waals surface area contributed by atoms with Crippen LogP contribution in [0.25, 0.3) is 0 Å². The molecule has 1 aliphatic carbocycles. The van der Waals surface area contributed by atoms with Gasteiger partial charge < -0.3 is 10.6 Å². The molecule has 0 bridgehead atoms. The fourth-order valence-corrected chi connectivity index (χ4v) is 3.61. The van der Waals surface area contributed by atoms with Crippen molar-refractivity contribution in [1.82, 2.24) is 9.80 Å². The first kappa shape index (κ1) is 12.3. The van der Waals surface area contributed by atoms with Gasteiger partial charge in [0.2, 0.25) is 0 Å². The van der Waals surface area contributed by atoms with Gasteiger partial charge in [-0.25, -0.2) is 0 Å². The Labute approximate surface area is 100.0 Å². The molecule has 0 aromatic rings. The van der Waals surface area contributed by atoms with E-state index >= 15 is 0 Å². The van der Waals surface area contributed by atoms with Crippen molar-refractivity contribution in [2.45, 2.75) is 44.7 Å². The number of nitrogens with two attached hydrogens (primary N) is 1. The monoisotopic (exact) mass is 225 g/mol. The van der Waals surface area contributed by atoms with Crippen molar-refractivity contribution in [3.8, 4) is 0 Å². The fraction of sp³-hybridized carbons (Fsp3) is 1.00. The molecule has 16 heavy (non-hydrogen) atoms. The first-order valence-electron chi connectivity index (χ1n) is 6.86. The molecular weight excluding hydrogens is 198 g/mol. The maximum atomic E-state index is 5.91. The standard InChI is InChI=1S/C13H27N3/c1-11-10-15(2)7-4-8-16(11)13-6-3-5-12(13)9-14/h11-13H,3-10,14H2,1-2H3. The lowest BCUT2D eigenvalue weighted by atomic mass is 10.0. The minimum absolute atomic E-state index is 0.699. The quantitative estimate of drug-likeness (QED) is 0.765. The summed E-state index contributed by atoms with van der Waals surface area (Å²) in [6.45, 7) is 7.00. The van der Waals surface area contributed by atoms with Crippen LogP contribution in [-0.4, -0.2) is 55.1 Å². The molecule has 3 nitrogen and oxygen atoms in total. The Morgan fingerprint density at radius 1 is 1.19 bits per heavy atom. The summed E-state index contributed by atoms with van der Waals surface area (Å²) in [6, 6.07) is 1.47. The molecule has 3 heteroatoms. The highest BCUT2D eigenvalue weighted by Gasteiger charge is 2.34. The minimum Gasteiger partial charge on any atom is -0.330 e. The van der Waals surface area contributed by atoms with Crippen molar-refractivity contribution < 1.29 is 0 Å². The smallest absolute Gasteiger partial charge is 0.0197 e. The van der Waals surface area contributed by atoms with Crippen LogP contribution in [0.4, 0.5) is 0 Å². The van der Waals surface area contributed by atoms with Gasteiger partial charge in [-0.15, -0.1) is 0 Å². The van der Waals surface area contributed by atoms with Crippen LogP contribution in [0.1, 0.15) is 32.6 Å². The number of rotatable bonds is 2. The van der Waals surface area contributed by atoms with Gasteiger partial charge in [0.1, 0.15) is 0 Å². The van der Waals surface area contributed by atoms with Crippen LogP contribution in [0.15, 0.2) is 0 Å². The second-order valence-corrected chi connectivity index (χ2v) is 5.70. The maximum Gasteiger partial charge on any atom is 0.0197 e. The van der Waals surface area contributed by atoms with Crippen LogP contribution >= 0.6 is 0 Å². The zero-order valence-electron chi connectivity index (χ0n) is 10.9. The third-order valence-electron chi connectivity index (χ3n) is 4.45. The van der Waals surface area contributed by atoms with Gasteiger partial charge in [0.15, 0.2) is 0 Å². The van der Waals surface area contributed by atoms with E-state index in [1.54, 1.807) is 0 Å². The summed E-state index contributed by atoms with van der Waals surface area (Å²) in [5.74, 6) is 0.755. The molecule has 1 heterocycles. The van der Waals surface area contributed by atoms with Crippen LogP contribution in [0.2, 0.25) is 0 Å². The predicted molar refractivity (Wildman–Crippen MR) is 68.5 cm³/mol. The average Bonchev–Trinajstić information content (AvgIpc) is 2.65. The summed E-state index contributed by atoms with van der Waals surface area (Å²) < 4.78 is 0. The third kappa shape index (κ3) is 2.58. The van der Waals surface area contributed by atoms with Gasteiger partial charge in [0.05, 0.1) is 0 Å². The Kier molecular flexibility index (Phi) is 4.22. The Hall–Kier alpha value is -0.120. The van der Waals surface area contributed by atoms with Gasteiger partial charge in [-0.1, -0.05) is 6.42 Å². The van der Waals surface area contributed by atoms with Gasteiger partial charge in [0.25, 0.3) is 0 Å². The lowest BCUT2D eigenvalue weighted by Crippen LogP contribution is -2.47. The van der Waals surface area contributed by atoms with Crippen molar-refractivity contribution in [1.29, 1.82) is 0 Å². The van der Waals surface area contributed by atoms with Gasteiger partial charge in [-0.3, -0.25) is 4.90 Å². The summed E-state index contributed by atoms with van der Waals surface area (Å²) in [4.78, 5) is 5.21. The predicted octanol–water partition coefficient (Wildman–Crippen LogP) is 1.14. The zero-order chi connectivity index (χ0) is 11.5. The van der Waals surface area contributed by atoms with Crippen molar-refractivity contribution in [2.24, 2.45) is 11.7 Å². The van der Waals surface area contributed by atoms with Gasteiger partial charge in [-0.2, -0.15) is 0 Å². The highest BCUT2D eigenvalue weighted by Crippen LogP contribution is 2.31. The van der Waals surface area contributed by atoms with Crippen molar-refractivity contribution in [3.05, 3.63) is 0 Å². The Morgan fingerprint density at radius 3 is 2.75 bits per heavy atom. The summed E-state index contributed by atoms with van der Waals surface area (Å²) in [6.07, 6.45) is 5.41. The van der Waals surface area contributed by atoms with E-state index in [0.717, 1.165) is 18.5 Å². The molecule has 1 saturated carbocycles.